The molecule has 0 aromatic rings. The van der Waals surface area contributed by atoms with E-state index in [2.05, 4.69) is 6.58 Å². The molecule has 0 saturated heterocycles. The number of hydrogen-bond acceptors (Lipinski definition) is 2. The molecule has 0 heterocycles. The Hall–Kier alpha value is -0.630. The molecule has 2 nitrogen and oxygen atoms in total. The second-order valence-electron chi connectivity index (χ2n) is 1.97. The molecule has 0 aromatic carbocycles. The van der Waals surface area contributed by atoms with E-state index in [1.54, 1.807) is 0 Å². The van der Waals surface area contributed by atoms with E-state index in [0.29, 0.717) is 12.7 Å². The predicted octanol–water partition coefficient (Wildman–Crippen LogP) is 0.512. The van der Waals surface area contributed by atoms with Crippen molar-refractivity contribution in [2.24, 2.45) is 0 Å². The SMILES string of the molecule is C=CCC(C)(O)C=O. The minimum absolute atomic E-state index is 0.316. The van der Waals surface area contributed by atoms with Gasteiger partial charge in [-0.15, -0.1) is 6.58 Å². The maximum absolute atomic E-state index is 9.92. The van der Waals surface area contributed by atoms with Crippen LogP contribution in [0.25, 0.3) is 0 Å². The topological polar surface area (TPSA) is 37.3 Å². The molecule has 0 rings (SSSR count). The average molecular weight is 114 g/mol. The van der Waals surface area contributed by atoms with Gasteiger partial charge in [0.1, 0.15) is 5.60 Å². The standard InChI is InChI=1S/C6H10O2/c1-3-4-6(2,8)5-7/h3,5,8H,1,4H2,2H3. The van der Waals surface area contributed by atoms with Crippen molar-refractivity contribution in [1.29, 1.82) is 0 Å². The Balaban J connectivity index is 3.70. The highest BCUT2D eigenvalue weighted by atomic mass is 16.3. The number of aldehydes is 1. The smallest absolute Gasteiger partial charge is 0.151 e. The Kier molecular flexibility index (Phi) is 2.42. The van der Waals surface area contributed by atoms with E-state index in [1.807, 2.05) is 0 Å². The third kappa shape index (κ3) is 2.53. The van der Waals surface area contributed by atoms with Gasteiger partial charge in [-0.25, -0.2) is 0 Å². The van der Waals surface area contributed by atoms with E-state index in [0.717, 1.165) is 0 Å². The lowest BCUT2D eigenvalue weighted by Crippen LogP contribution is -2.24. The number of carbonyl (C=O) groups excluding carboxylic acids is 1. The van der Waals surface area contributed by atoms with Crippen molar-refractivity contribution in [1.82, 2.24) is 0 Å². The molecule has 2 heteroatoms. The molecule has 0 amide bonds. The van der Waals surface area contributed by atoms with Crippen molar-refractivity contribution in [3.05, 3.63) is 12.7 Å². The van der Waals surface area contributed by atoms with Crippen molar-refractivity contribution in [2.45, 2.75) is 18.9 Å². The van der Waals surface area contributed by atoms with Gasteiger partial charge >= 0.3 is 0 Å². The monoisotopic (exact) mass is 114 g/mol. The fourth-order valence-corrected chi connectivity index (χ4v) is 0.340. The van der Waals surface area contributed by atoms with Gasteiger partial charge in [-0.2, -0.15) is 0 Å². The summed E-state index contributed by atoms with van der Waals surface area (Å²) in [4.78, 5) is 9.92. The second-order valence-corrected chi connectivity index (χ2v) is 1.97. The molecule has 0 saturated carbocycles. The molecule has 0 bridgehead atoms. The Morgan fingerprint density at radius 2 is 2.38 bits per heavy atom. The van der Waals surface area contributed by atoms with Crippen molar-refractivity contribution in [3.63, 3.8) is 0 Å². The van der Waals surface area contributed by atoms with E-state index >= 15 is 0 Å². The predicted molar refractivity (Wildman–Crippen MR) is 31.5 cm³/mol. The van der Waals surface area contributed by atoms with E-state index in [9.17, 15) is 4.79 Å². The van der Waals surface area contributed by atoms with Gasteiger partial charge in [-0.3, -0.25) is 0 Å². The van der Waals surface area contributed by atoms with Gasteiger partial charge in [0, 0.05) is 6.42 Å². The molecule has 8 heavy (non-hydrogen) atoms. The summed E-state index contributed by atoms with van der Waals surface area (Å²) in [6.45, 7) is 4.82. The van der Waals surface area contributed by atoms with Gasteiger partial charge in [0.2, 0.25) is 0 Å². The van der Waals surface area contributed by atoms with Gasteiger partial charge in [0.05, 0.1) is 0 Å². The normalized spacial score (nSPS) is 16.8. The van der Waals surface area contributed by atoms with Crippen LogP contribution >= 0.6 is 0 Å². The zero-order chi connectivity index (χ0) is 6.62. The van der Waals surface area contributed by atoms with Crippen LogP contribution in [0.2, 0.25) is 0 Å². The van der Waals surface area contributed by atoms with Crippen LogP contribution in [0.5, 0.6) is 0 Å². The maximum Gasteiger partial charge on any atom is 0.151 e. The molecule has 0 spiro atoms. The molecular formula is C6H10O2. The van der Waals surface area contributed by atoms with Crippen molar-refractivity contribution < 1.29 is 9.90 Å². The summed E-state index contributed by atoms with van der Waals surface area (Å²) >= 11 is 0. The molecule has 0 aromatic heterocycles. The van der Waals surface area contributed by atoms with Crippen LogP contribution in [0.4, 0.5) is 0 Å². The Labute approximate surface area is 48.8 Å². The minimum Gasteiger partial charge on any atom is -0.382 e. The molecule has 46 valence electrons. The van der Waals surface area contributed by atoms with E-state index in [4.69, 9.17) is 5.11 Å². The zero-order valence-electron chi connectivity index (χ0n) is 4.92. The van der Waals surface area contributed by atoms with Gasteiger partial charge in [-0.05, 0) is 6.92 Å². The van der Waals surface area contributed by atoms with Crippen molar-refractivity contribution in [2.75, 3.05) is 0 Å². The Bertz CT molecular complexity index is 94.7. The quantitative estimate of drug-likeness (QED) is 0.429. The molecule has 0 fully saturated rings. The summed E-state index contributed by atoms with van der Waals surface area (Å²) in [5.74, 6) is 0. The molecule has 0 aliphatic rings. The third-order valence-electron chi connectivity index (χ3n) is 0.811. The molecular weight excluding hydrogens is 104 g/mol. The zero-order valence-corrected chi connectivity index (χ0v) is 4.92. The van der Waals surface area contributed by atoms with Gasteiger partial charge in [0.15, 0.2) is 6.29 Å². The number of rotatable bonds is 3. The van der Waals surface area contributed by atoms with Gasteiger partial charge < -0.3 is 9.90 Å². The number of carbonyl (C=O) groups is 1. The van der Waals surface area contributed by atoms with Crippen molar-refractivity contribution >= 4 is 6.29 Å². The molecule has 0 radical (unpaired) electrons. The van der Waals surface area contributed by atoms with E-state index in [-0.39, 0.29) is 0 Å². The summed E-state index contributed by atoms with van der Waals surface area (Å²) in [6, 6.07) is 0. The lowest BCUT2D eigenvalue weighted by Gasteiger charge is -2.10. The summed E-state index contributed by atoms with van der Waals surface area (Å²) in [5, 5.41) is 8.88. The average Bonchev–Trinajstić information content (AvgIpc) is 1.67. The third-order valence-corrected chi connectivity index (χ3v) is 0.811. The number of aliphatic hydroxyl groups is 1. The van der Waals surface area contributed by atoms with Gasteiger partial charge in [-0.1, -0.05) is 6.08 Å². The van der Waals surface area contributed by atoms with Gasteiger partial charge in [0.25, 0.3) is 0 Å². The highest BCUT2D eigenvalue weighted by Crippen LogP contribution is 2.03. The van der Waals surface area contributed by atoms with Crippen LogP contribution in [-0.4, -0.2) is 17.0 Å². The van der Waals surface area contributed by atoms with Crippen LogP contribution in [0.15, 0.2) is 12.7 Å². The highest BCUT2D eigenvalue weighted by Gasteiger charge is 2.15. The Morgan fingerprint density at radius 3 is 2.50 bits per heavy atom. The molecule has 1 atom stereocenters. The molecule has 1 N–H and O–H groups in total. The van der Waals surface area contributed by atoms with Crippen molar-refractivity contribution in [3.8, 4) is 0 Å². The fraction of sp³-hybridized carbons (Fsp3) is 0.500. The van der Waals surface area contributed by atoms with Crippen LogP contribution in [-0.2, 0) is 4.79 Å². The Morgan fingerprint density at radius 1 is 1.88 bits per heavy atom. The lowest BCUT2D eigenvalue weighted by atomic mass is 10.1. The van der Waals surface area contributed by atoms with Crippen LogP contribution in [0.1, 0.15) is 13.3 Å². The highest BCUT2D eigenvalue weighted by molar-refractivity contribution is 5.61. The second kappa shape index (κ2) is 2.62. The summed E-state index contributed by atoms with van der Waals surface area (Å²) in [7, 11) is 0. The first kappa shape index (κ1) is 7.37. The molecule has 1 unspecified atom stereocenters. The summed E-state index contributed by atoms with van der Waals surface area (Å²) in [5.41, 5.74) is -1.21. The molecule has 0 aliphatic carbocycles. The summed E-state index contributed by atoms with van der Waals surface area (Å²) in [6.07, 6.45) is 2.33. The largest absolute Gasteiger partial charge is 0.382 e. The molecule has 0 aliphatic heterocycles. The van der Waals surface area contributed by atoms with Crippen LogP contribution in [0.3, 0.4) is 0 Å². The van der Waals surface area contributed by atoms with E-state index < -0.39 is 5.60 Å². The van der Waals surface area contributed by atoms with Crippen LogP contribution in [0, 0.1) is 0 Å². The first-order chi connectivity index (χ1) is 3.62. The fourth-order valence-electron chi connectivity index (χ4n) is 0.340. The minimum atomic E-state index is -1.21. The van der Waals surface area contributed by atoms with E-state index in [1.165, 1.54) is 13.0 Å². The maximum atomic E-state index is 9.92. The lowest BCUT2D eigenvalue weighted by molar-refractivity contribution is -0.122. The first-order valence-corrected chi connectivity index (χ1v) is 2.42. The number of hydrogen-bond donors (Lipinski definition) is 1. The summed E-state index contributed by atoms with van der Waals surface area (Å²) < 4.78 is 0. The first-order valence-electron chi connectivity index (χ1n) is 2.42. The van der Waals surface area contributed by atoms with Crippen LogP contribution < -0.4 is 0 Å².